The maximum atomic E-state index is 12.5. The molecule has 11 nitrogen and oxygen atoms in total. The molecule has 0 bridgehead atoms. The van der Waals surface area contributed by atoms with Crippen molar-refractivity contribution < 1.29 is 14.3 Å². The van der Waals surface area contributed by atoms with Gasteiger partial charge in [-0.05, 0) is 17.4 Å². The average Bonchev–Trinajstić information content (AvgIpc) is 3.20. The quantitative estimate of drug-likeness (QED) is 0.660. The summed E-state index contributed by atoms with van der Waals surface area (Å²) in [7, 11) is 0. The van der Waals surface area contributed by atoms with Crippen LogP contribution in [0.25, 0.3) is 0 Å². The summed E-state index contributed by atoms with van der Waals surface area (Å²) in [6.07, 6.45) is 5.19. The molecule has 0 unspecified atom stereocenters. The fourth-order valence-corrected chi connectivity index (χ4v) is 2.77. The van der Waals surface area contributed by atoms with Gasteiger partial charge in [0.05, 0.1) is 49.9 Å². The zero-order chi connectivity index (χ0) is 19.1. The predicted octanol–water partition coefficient (Wildman–Crippen LogP) is -0.904. The number of nitrogens with zero attached hydrogens (tertiary/aromatic N) is 7. The molecule has 0 spiro atoms. The van der Waals surface area contributed by atoms with Crippen molar-refractivity contribution in [2.24, 2.45) is 0 Å². The molecule has 0 saturated carbocycles. The molecule has 2 aromatic heterocycles. The molecule has 1 fully saturated rings. The van der Waals surface area contributed by atoms with E-state index in [1.807, 2.05) is 6.92 Å². The lowest BCUT2D eigenvalue weighted by molar-refractivity contribution is -0.142. The second-order valence-corrected chi connectivity index (χ2v) is 6.27. The first kappa shape index (κ1) is 18.8. The van der Waals surface area contributed by atoms with Crippen LogP contribution in [0, 0.1) is 6.92 Å². The van der Waals surface area contributed by atoms with E-state index in [1.165, 1.54) is 11.0 Å². The number of amides is 2. The van der Waals surface area contributed by atoms with Crippen molar-refractivity contribution in [1.82, 2.24) is 40.4 Å². The van der Waals surface area contributed by atoms with Crippen molar-refractivity contribution in [3.63, 3.8) is 0 Å². The van der Waals surface area contributed by atoms with Gasteiger partial charge < -0.3 is 15.0 Å². The minimum absolute atomic E-state index is 0.0454. The monoisotopic (exact) mass is 374 g/mol. The smallest absolute Gasteiger partial charge is 0.224 e. The Kier molecular flexibility index (Phi) is 6.36. The lowest BCUT2D eigenvalue weighted by atomic mass is 10.1. The molecule has 27 heavy (non-hydrogen) atoms. The molecule has 1 aliphatic heterocycles. The fourth-order valence-electron chi connectivity index (χ4n) is 2.77. The number of carbonyl (C=O) groups is 2. The van der Waals surface area contributed by atoms with Gasteiger partial charge in [0, 0.05) is 25.6 Å². The Morgan fingerprint density at radius 2 is 2.22 bits per heavy atom. The van der Waals surface area contributed by atoms with Gasteiger partial charge in [-0.25, -0.2) is 4.68 Å². The number of morpholine rings is 1. The number of hydrogen-bond donors (Lipinski definition) is 1. The summed E-state index contributed by atoms with van der Waals surface area (Å²) in [5.74, 6) is -0.206. The summed E-state index contributed by atoms with van der Waals surface area (Å²) in [6.45, 7) is 3.82. The molecule has 0 radical (unpaired) electrons. The van der Waals surface area contributed by atoms with Gasteiger partial charge in [0.1, 0.15) is 6.33 Å². The first-order valence-corrected chi connectivity index (χ1v) is 8.74. The standard InChI is InChI=1S/C16H22N8O3/c1-12-7-18-13(8-17-12)9-19-15(25)6-14-10-27-5-4-24(14)16(26)2-3-23-11-20-21-22-23/h7-8,11,14H,2-6,9-10H2,1H3,(H,19,25)/t14-/m1/s1. The zero-order valence-electron chi connectivity index (χ0n) is 15.1. The lowest BCUT2D eigenvalue weighted by Gasteiger charge is -2.35. The molecule has 11 heteroatoms. The SMILES string of the molecule is Cc1cnc(CNC(=O)C[C@@H]2COCCN2C(=O)CCn2cnnn2)cn1. The Balaban J connectivity index is 1.49. The topological polar surface area (TPSA) is 128 Å². The number of nitrogens with one attached hydrogen (secondary N) is 1. The number of rotatable bonds is 7. The maximum Gasteiger partial charge on any atom is 0.224 e. The van der Waals surface area contributed by atoms with Crippen LogP contribution in [0.4, 0.5) is 0 Å². The van der Waals surface area contributed by atoms with E-state index in [1.54, 1.807) is 17.3 Å². The summed E-state index contributed by atoms with van der Waals surface area (Å²) in [6, 6.07) is -0.288. The third-order valence-electron chi connectivity index (χ3n) is 4.22. The number of ether oxygens (including phenoxy) is 1. The van der Waals surface area contributed by atoms with E-state index in [9.17, 15) is 9.59 Å². The van der Waals surface area contributed by atoms with Crippen LogP contribution < -0.4 is 5.32 Å². The molecule has 144 valence electrons. The van der Waals surface area contributed by atoms with Crippen LogP contribution in [-0.2, 0) is 27.4 Å². The van der Waals surface area contributed by atoms with Gasteiger partial charge in [-0.15, -0.1) is 5.10 Å². The molecule has 3 heterocycles. The van der Waals surface area contributed by atoms with E-state index in [4.69, 9.17) is 4.74 Å². The fraction of sp³-hybridized carbons (Fsp3) is 0.562. The Hall–Kier alpha value is -2.95. The zero-order valence-corrected chi connectivity index (χ0v) is 15.1. The molecule has 2 aromatic rings. The summed E-state index contributed by atoms with van der Waals surface area (Å²) in [4.78, 5) is 34.9. The molecule has 3 rings (SSSR count). The van der Waals surface area contributed by atoms with E-state index in [2.05, 4.69) is 30.8 Å². The van der Waals surface area contributed by atoms with Gasteiger partial charge >= 0.3 is 0 Å². The molecular formula is C16H22N8O3. The van der Waals surface area contributed by atoms with Crippen LogP contribution in [0.3, 0.4) is 0 Å². The Bertz CT molecular complexity index is 750. The second kappa shape index (κ2) is 9.12. The Morgan fingerprint density at radius 3 is 2.96 bits per heavy atom. The Morgan fingerprint density at radius 1 is 1.33 bits per heavy atom. The largest absolute Gasteiger partial charge is 0.377 e. The van der Waals surface area contributed by atoms with Gasteiger partial charge in [0.15, 0.2) is 0 Å². The first-order chi connectivity index (χ1) is 13.1. The third kappa shape index (κ3) is 5.51. The van der Waals surface area contributed by atoms with E-state index in [0.29, 0.717) is 38.5 Å². The van der Waals surface area contributed by atoms with E-state index in [-0.39, 0.29) is 30.7 Å². The number of aromatic nitrogens is 6. The van der Waals surface area contributed by atoms with Crippen molar-refractivity contribution in [3.8, 4) is 0 Å². The number of hydrogen-bond acceptors (Lipinski definition) is 8. The molecular weight excluding hydrogens is 352 g/mol. The summed E-state index contributed by atoms with van der Waals surface area (Å²) < 4.78 is 6.96. The van der Waals surface area contributed by atoms with Crippen molar-refractivity contribution in [2.45, 2.75) is 38.9 Å². The highest BCUT2D eigenvalue weighted by atomic mass is 16.5. The molecule has 0 aliphatic carbocycles. The maximum absolute atomic E-state index is 12.5. The van der Waals surface area contributed by atoms with Gasteiger partial charge in [0.2, 0.25) is 11.8 Å². The first-order valence-electron chi connectivity index (χ1n) is 8.74. The minimum atomic E-state index is -0.288. The molecule has 2 amide bonds. The van der Waals surface area contributed by atoms with E-state index >= 15 is 0 Å². The summed E-state index contributed by atoms with van der Waals surface area (Å²) >= 11 is 0. The predicted molar refractivity (Wildman–Crippen MR) is 92.0 cm³/mol. The van der Waals surface area contributed by atoms with Gasteiger partial charge in [-0.3, -0.25) is 19.6 Å². The van der Waals surface area contributed by atoms with Crippen LogP contribution in [0.1, 0.15) is 24.2 Å². The summed E-state index contributed by atoms with van der Waals surface area (Å²) in [5, 5.41) is 13.6. The van der Waals surface area contributed by atoms with Gasteiger partial charge in [-0.2, -0.15) is 0 Å². The molecule has 1 aliphatic rings. The molecule has 1 saturated heterocycles. The van der Waals surface area contributed by atoms with Crippen molar-refractivity contribution >= 4 is 11.8 Å². The highest BCUT2D eigenvalue weighted by Crippen LogP contribution is 2.13. The number of tetrazole rings is 1. The third-order valence-corrected chi connectivity index (χ3v) is 4.22. The highest BCUT2D eigenvalue weighted by Gasteiger charge is 2.28. The van der Waals surface area contributed by atoms with Crippen molar-refractivity contribution in [1.29, 1.82) is 0 Å². The van der Waals surface area contributed by atoms with Crippen molar-refractivity contribution in [3.05, 3.63) is 30.1 Å². The minimum Gasteiger partial charge on any atom is -0.377 e. The van der Waals surface area contributed by atoms with Crippen LogP contribution in [0.15, 0.2) is 18.7 Å². The number of carbonyl (C=O) groups excluding carboxylic acids is 2. The van der Waals surface area contributed by atoms with Crippen LogP contribution in [0.5, 0.6) is 0 Å². The highest BCUT2D eigenvalue weighted by molar-refractivity contribution is 5.80. The van der Waals surface area contributed by atoms with Gasteiger partial charge in [-0.1, -0.05) is 0 Å². The van der Waals surface area contributed by atoms with Crippen LogP contribution >= 0.6 is 0 Å². The normalized spacial score (nSPS) is 16.9. The van der Waals surface area contributed by atoms with Crippen LogP contribution in [-0.4, -0.2) is 72.7 Å². The summed E-state index contributed by atoms with van der Waals surface area (Å²) in [5.41, 5.74) is 1.50. The molecule has 1 atom stereocenters. The van der Waals surface area contributed by atoms with Gasteiger partial charge in [0.25, 0.3) is 0 Å². The molecule has 0 aromatic carbocycles. The van der Waals surface area contributed by atoms with E-state index in [0.717, 1.165) is 5.69 Å². The van der Waals surface area contributed by atoms with E-state index < -0.39 is 0 Å². The average molecular weight is 374 g/mol. The lowest BCUT2D eigenvalue weighted by Crippen LogP contribution is -2.50. The van der Waals surface area contributed by atoms with Crippen LogP contribution in [0.2, 0.25) is 0 Å². The van der Waals surface area contributed by atoms with Crippen molar-refractivity contribution in [2.75, 3.05) is 19.8 Å². The Labute approximate surface area is 156 Å². The molecule has 1 N–H and O–H groups in total. The number of aryl methyl sites for hydroxylation is 2. The second-order valence-electron chi connectivity index (χ2n) is 6.27.